The van der Waals surface area contributed by atoms with Gasteiger partial charge < -0.3 is 15.0 Å². The Labute approximate surface area is 178 Å². The van der Waals surface area contributed by atoms with Crippen LogP contribution in [0.5, 0.6) is 5.75 Å². The molecular formula is C24H30N4O2. The van der Waals surface area contributed by atoms with Gasteiger partial charge >= 0.3 is 6.03 Å². The number of urea groups is 1. The summed E-state index contributed by atoms with van der Waals surface area (Å²) >= 11 is 0. The molecule has 30 heavy (non-hydrogen) atoms. The number of fused-ring (bicyclic) bond motifs is 1. The number of nitrogens with one attached hydrogen (secondary N) is 2. The molecule has 3 rings (SSSR count). The molecule has 0 bridgehead atoms. The summed E-state index contributed by atoms with van der Waals surface area (Å²) in [5.41, 5.74) is 7.69. The van der Waals surface area contributed by atoms with Gasteiger partial charge in [-0.05, 0) is 62.6 Å². The van der Waals surface area contributed by atoms with Crippen LogP contribution in [-0.2, 0) is 0 Å². The first kappa shape index (κ1) is 21.4. The zero-order valence-electron chi connectivity index (χ0n) is 18.3. The Bertz CT molecular complexity index is 979. The quantitative estimate of drug-likeness (QED) is 0.508. The number of nitrogens with zero attached hydrogens (tertiary/aromatic N) is 2. The van der Waals surface area contributed by atoms with Crippen LogP contribution in [0.1, 0.15) is 45.2 Å². The van der Waals surface area contributed by atoms with Crippen molar-refractivity contribution in [3.8, 4) is 5.75 Å². The molecule has 158 valence electrons. The summed E-state index contributed by atoms with van der Waals surface area (Å²) in [5.74, 6) is 0.591. The number of carbonyl (C=O) groups excluding carboxylic acids is 1. The molecule has 0 fully saturated rings. The smallest absolute Gasteiger partial charge is 0.339 e. The topological polar surface area (TPSA) is 66.0 Å². The predicted octanol–water partition coefficient (Wildman–Crippen LogP) is 5.26. The minimum absolute atomic E-state index is 0.0131. The SMILES string of the molecule is CCCN1c2ccc(/C=N/NC(=O)Nc3ccccc3OC)cc2C(C)=CC1(C)C. The fourth-order valence-corrected chi connectivity index (χ4v) is 3.88. The van der Waals surface area contributed by atoms with Crippen LogP contribution in [0.2, 0.25) is 0 Å². The summed E-state index contributed by atoms with van der Waals surface area (Å²) in [6, 6.07) is 13.1. The van der Waals surface area contributed by atoms with Crippen molar-refractivity contribution in [3.05, 3.63) is 59.7 Å². The van der Waals surface area contributed by atoms with Crippen LogP contribution in [0.15, 0.2) is 53.6 Å². The van der Waals surface area contributed by atoms with Gasteiger partial charge in [0.2, 0.25) is 0 Å². The lowest BCUT2D eigenvalue weighted by Crippen LogP contribution is -2.45. The molecule has 0 saturated heterocycles. The fraction of sp³-hybridized carbons (Fsp3) is 0.333. The molecule has 0 aromatic heterocycles. The average Bonchev–Trinajstić information content (AvgIpc) is 2.71. The van der Waals surface area contributed by atoms with Crippen LogP contribution in [0, 0.1) is 0 Å². The van der Waals surface area contributed by atoms with Crippen LogP contribution in [0.3, 0.4) is 0 Å². The second-order valence-corrected chi connectivity index (χ2v) is 7.93. The molecule has 0 aliphatic carbocycles. The van der Waals surface area contributed by atoms with Crippen LogP contribution >= 0.6 is 0 Å². The molecule has 6 nitrogen and oxygen atoms in total. The number of benzene rings is 2. The van der Waals surface area contributed by atoms with E-state index in [1.807, 2.05) is 18.2 Å². The number of hydrazone groups is 1. The van der Waals surface area contributed by atoms with Gasteiger partial charge in [0.05, 0.1) is 24.6 Å². The van der Waals surface area contributed by atoms with Gasteiger partial charge in [0.15, 0.2) is 0 Å². The van der Waals surface area contributed by atoms with Crippen molar-refractivity contribution in [2.45, 2.75) is 39.7 Å². The van der Waals surface area contributed by atoms with Crippen LogP contribution < -0.4 is 20.4 Å². The molecule has 1 aliphatic rings. The van der Waals surface area contributed by atoms with Gasteiger partial charge in [-0.1, -0.05) is 31.2 Å². The monoisotopic (exact) mass is 406 g/mol. The standard InChI is InChI=1S/C24H30N4O2/c1-6-13-28-21-12-11-18(14-19(21)17(2)15-24(28,3)4)16-25-27-23(29)26-20-9-7-8-10-22(20)30-5/h7-12,14-16H,6,13H2,1-5H3,(H2,26,27,29)/b25-16+. The number of anilines is 2. The van der Waals surface area contributed by atoms with E-state index in [0.717, 1.165) is 18.5 Å². The Morgan fingerprint density at radius 3 is 2.73 bits per heavy atom. The molecular weight excluding hydrogens is 376 g/mol. The summed E-state index contributed by atoms with van der Waals surface area (Å²) < 4.78 is 5.23. The Kier molecular flexibility index (Phi) is 6.45. The second kappa shape index (κ2) is 9.03. The third kappa shape index (κ3) is 4.64. The van der Waals surface area contributed by atoms with Gasteiger partial charge in [0.1, 0.15) is 5.75 Å². The first-order valence-electron chi connectivity index (χ1n) is 10.2. The Hall–Kier alpha value is -3.28. The summed E-state index contributed by atoms with van der Waals surface area (Å²) in [6.45, 7) is 9.83. The minimum Gasteiger partial charge on any atom is -0.495 e. The van der Waals surface area contributed by atoms with E-state index in [-0.39, 0.29) is 5.54 Å². The number of carbonyl (C=O) groups is 1. The Balaban J connectivity index is 1.71. The zero-order chi connectivity index (χ0) is 21.7. The van der Waals surface area contributed by atoms with Crippen molar-refractivity contribution < 1.29 is 9.53 Å². The fourth-order valence-electron chi connectivity index (χ4n) is 3.88. The molecule has 2 N–H and O–H groups in total. The van der Waals surface area contributed by atoms with E-state index in [0.29, 0.717) is 11.4 Å². The predicted molar refractivity (Wildman–Crippen MR) is 125 cm³/mol. The lowest BCUT2D eigenvalue weighted by molar-refractivity contribution is 0.252. The average molecular weight is 407 g/mol. The number of allylic oxidation sites excluding steroid dienone is 1. The molecule has 6 heteroatoms. The normalized spacial score (nSPS) is 14.8. The highest BCUT2D eigenvalue weighted by Gasteiger charge is 2.30. The van der Waals surface area contributed by atoms with Crippen molar-refractivity contribution in [2.24, 2.45) is 5.10 Å². The molecule has 2 aromatic carbocycles. The van der Waals surface area contributed by atoms with Crippen LogP contribution in [0.4, 0.5) is 16.2 Å². The molecule has 2 aromatic rings. The lowest BCUT2D eigenvalue weighted by atomic mass is 9.88. The van der Waals surface area contributed by atoms with E-state index in [1.54, 1.807) is 25.5 Å². The molecule has 0 spiro atoms. The number of amides is 2. The molecule has 1 aliphatic heterocycles. The lowest BCUT2D eigenvalue weighted by Gasteiger charge is -2.43. The zero-order valence-corrected chi connectivity index (χ0v) is 18.3. The highest BCUT2D eigenvalue weighted by Crippen LogP contribution is 2.39. The van der Waals surface area contributed by atoms with Crippen LogP contribution in [-0.4, -0.2) is 31.4 Å². The van der Waals surface area contributed by atoms with E-state index >= 15 is 0 Å². The van der Waals surface area contributed by atoms with E-state index in [9.17, 15) is 4.79 Å². The Morgan fingerprint density at radius 1 is 1.23 bits per heavy atom. The Morgan fingerprint density at radius 2 is 2.00 bits per heavy atom. The number of hydrogen-bond acceptors (Lipinski definition) is 4. The maximum Gasteiger partial charge on any atom is 0.339 e. The van der Waals surface area contributed by atoms with Gasteiger partial charge in [-0.2, -0.15) is 5.10 Å². The van der Waals surface area contributed by atoms with Gasteiger partial charge in [-0.3, -0.25) is 0 Å². The maximum atomic E-state index is 12.1. The van der Waals surface area contributed by atoms with Crippen molar-refractivity contribution >= 4 is 29.2 Å². The van der Waals surface area contributed by atoms with Gasteiger partial charge in [-0.15, -0.1) is 0 Å². The first-order chi connectivity index (χ1) is 14.4. The van der Waals surface area contributed by atoms with Crippen molar-refractivity contribution in [2.75, 3.05) is 23.9 Å². The molecule has 0 atom stereocenters. The second-order valence-electron chi connectivity index (χ2n) is 7.93. The highest BCUT2D eigenvalue weighted by molar-refractivity contribution is 5.92. The van der Waals surface area contributed by atoms with E-state index in [2.05, 4.69) is 66.6 Å². The highest BCUT2D eigenvalue weighted by atomic mass is 16.5. The van der Waals surface area contributed by atoms with E-state index in [1.165, 1.54) is 16.8 Å². The van der Waals surface area contributed by atoms with Gasteiger partial charge in [0.25, 0.3) is 0 Å². The van der Waals surface area contributed by atoms with Crippen molar-refractivity contribution in [3.63, 3.8) is 0 Å². The first-order valence-corrected chi connectivity index (χ1v) is 10.2. The summed E-state index contributed by atoms with van der Waals surface area (Å²) in [6.07, 6.45) is 5.05. The third-order valence-corrected chi connectivity index (χ3v) is 5.18. The minimum atomic E-state index is -0.430. The van der Waals surface area contributed by atoms with Gasteiger partial charge in [-0.25, -0.2) is 10.2 Å². The number of hydrogen-bond donors (Lipinski definition) is 2. The van der Waals surface area contributed by atoms with Crippen molar-refractivity contribution in [1.82, 2.24) is 5.43 Å². The molecule has 0 saturated carbocycles. The molecule has 2 amide bonds. The number of methoxy groups -OCH3 is 1. The van der Waals surface area contributed by atoms with Crippen molar-refractivity contribution in [1.29, 1.82) is 0 Å². The van der Waals surface area contributed by atoms with E-state index in [4.69, 9.17) is 4.74 Å². The molecule has 1 heterocycles. The molecule has 0 radical (unpaired) electrons. The molecule has 0 unspecified atom stereocenters. The summed E-state index contributed by atoms with van der Waals surface area (Å²) in [4.78, 5) is 14.6. The number of rotatable bonds is 6. The van der Waals surface area contributed by atoms with E-state index < -0.39 is 6.03 Å². The third-order valence-electron chi connectivity index (χ3n) is 5.18. The summed E-state index contributed by atoms with van der Waals surface area (Å²) in [5, 5.41) is 6.82. The van der Waals surface area contributed by atoms with Crippen LogP contribution in [0.25, 0.3) is 5.57 Å². The maximum absolute atomic E-state index is 12.1. The number of para-hydroxylation sites is 2. The largest absolute Gasteiger partial charge is 0.495 e. The number of ether oxygens (including phenoxy) is 1. The van der Waals surface area contributed by atoms with Gasteiger partial charge in [0, 0.05) is 17.8 Å². The summed E-state index contributed by atoms with van der Waals surface area (Å²) in [7, 11) is 1.56.